The van der Waals surface area contributed by atoms with Crippen LogP contribution in [0.25, 0.3) is 22.6 Å². The summed E-state index contributed by atoms with van der Waals surface area (Å²) in [6.45, 7) is -0.146. The van der Waals surface area contributed by atoms with Gasteiger partial charge in [0.25, 0.3) is 0 Å². The molecule has 3 aromatic rings. The predicted octanol–water partition coefficient (Wildman–Crippen LogP) is 3.38. The number of hydrogen-bond donors (Lipinski definition) is 2. The fraction of sp³-hybridized carbons (Fsp3) is 0.0625. The van der Waals surface area contributed by atoms with Gasteiger partial charge in [0.15, 0.2) is 0 Å². The molecule has 0 unspecified atom stereocenters. The Kier molecular flexibility index (Phi) is 3.31. The molecule has 0 radical (unpaired) electrons. The van der Waals surface area contributed by atoms with Crippen LogP contribution in [0.5, 0.6) is 0 Å². The molecule has 0 aliphatic rings. The molecule has 0 saturated heterocycles. The summed E-state index contributed by atoms with van der Waals surface area (Å²) in [6, 6.07) is 15.8. The number of nitrogens with one attached hydrogen (secondary N) is 1. The first kappa shape index (κ1) is 12.6. The fourth-order valence-electron chi connectivity index (χ4n) is 2.13. The summed E-state index contributed by atoms with van der Waals surface area (Å²) in [4.78, 5) is 7.53. The highest BCUT2D eigenvalue weighted by atomic mass is 19.1. The van der Waals surface area contributed by atoms with Crippen LogP contribution in [0.4, 0.5) is 4.39 Å². The zero-order valence-electron chi connectivity index (χ0n) is 10.7. The largest absolute Gasteiger partial charge is 0.390 e. The van der Waals surface area contributed by atoms with Crippen LogP contribution in [0, 0.1) is 5.82 Å². The van der Waals surface area contributed by atoms with E-state index >= 15 is 0 Å². The van der Waals surface area contributed by atoms with E-state index in [0.717, 1.165) is 5.56 Å². The number of halogens is 1. The molecule has 2 aromatic carbocycles. The van der Waals surface area contributed by atoms with Crippen LogP contribution in [0.15, 0.2) is 54.6 Å². The molecule has 0 saturated carbocycles. The highest BCUT2D eigenvalue weighted by molar-refractivity contribution is 5.67. The van der Waals surface area contributed by atoms with Gasteiger partial charge < -0.3 is 10.1 Å². The van der Waals surface area contributed by atoms with Crippen molar-refractivity contribution in [2.75, 3.05) is 0 Å². The minimum absolute atomic E-state index is 0.146. The van der Waals surface area contributed by atoms with E-state index in [1.165, 1.54) is 12.1 Å². The minimum atomic E-state index is -0.314. The lowest BCUT2D eigenvalue weighted by Crippen LogP contribution is -1.87. The summed E-state index contributed by atoms with van der Waals surface area (Å²) < 4.78 is 13.3. The number of benzene rings is 2. The average Bonchev–Trinajstić information content (AvgIpc) is 2.92. The van der Waals surface area contributed by atoms with Gasteiger partial charge >= 0.3 is 0 Å². The first-order valence-corrected chi connectivity index (χ1v) is 6.29. The third-order valence-electron chi connectivity index (χ3n) is 3.08. The van der Waals surface area contributed by atoms with E-state index < -0.39 is 0 Å². The van der Waals surface area contributed by atoms with Crippen LogP contribution in [-0.4, -0.2) is 15.1 Å². The van der Waals surface area contributed by atoms with Crippen LogP contribution < -0.4 is 0 Å². The zero-order valence-corrected chi connectivity index (χ0v) is 10.7. The summed E-state index contributed by atoms with van der Waals surface area (Å²) in [5.74, 6) is 0.234. The van der Waals surface area contributed by atoms with Gasteiger partial charge in [0.1, 0.15) is 11.6 Å². The second kappa shape index (κ2) is 5.27. The Balaban J connectivity index is 2.10. The average molecular weight is 268 g/mol. The molecule has 3 nitrogen and oxygen atoms in total. The Morgan fingerprint density at radius 1 is 1.00 bits per heavy atom. The van der Waals surface area contributed by atoms with Gasteiger partial charge in [-0.1, -0.05) is 42.5 Å². The number of nitrogens with zero attached hydrogens (tertiary/aromatic N) is 1. The number of aliphatic hydroxyl groups is 1. The van der Waals surface area contributed by atoms with Gasteiger partial charge in [-0.3, -0.25) is 0 Å². The topological polar surface area (TPSA) is 48.9 Å². The van der Waals surface area contributed by atoms with Crippen LogP contribution in [0.2, 0.25) is 0 Å². The number of H-pyrrole nitrogens is 1. The standard InChI is InChI=1S/C16H13FN2O/c17-13-8-4-7-12(9-13)16-18-14(10-20)15(19-16)11-5-2-1-3-6-11/h1-9,20H,10H2,(H,18,19). The van der Waals surface area contributed by atoms with E-state index in [4.69, 9.17) is 0 Å². The van der Waals surface area contributed by atoms with E-state index in [9.17, 15) is 9.50 Å². The Morgan fingerprint density at radius 3 is 2.45 bits per heavy atom. The normalized spacial score (nSPS) is 10.7. The number of aromatic amines is 1. The predicted molar refractivity (Wildman–Crippen MR) is 75.3 cm³/mol. The molecule has 1 heterocycles. The molecule has 0 aliphatic heterocycles. The zero-order chi connectivity index (χ0) is 13.9. The van der Waals surface area contributed by atoms with Crippen molar-refractivity contribution >= 4 is 0 Å². The van der Waals surface area contributed by atoms with Crippen molar-refractivity contribution in [3.63, 3.8) is 0 Å². The van der Waals surface area contributed by atoms with Crippen molar-refractivity contribution in [2.24, 2.45) is 0 Å². The first-order valence-electron chi connectivity index (χ1n) is 6.29. The lowest BCUT2D eigenvalue weighted by Gasteiger charge is -1.98. The smallest absolute Gasteiger partial charge is 0.138 e. The third kappa shape index (κ3) is 2.33. The quantitative estimate of drug-likeness (QED) is 0.765. The van der Waals surface area contributed by atoms with Gasteiger partial charge in [-0.25, -0.2) is 9.37 Å². The van der Waals surface area contributed by atoms with Crippen LogP contribution in [-0.2, 0) is 6.61 Å². The van der Waals surface area contributed by atoms with Crippen LogP contribution >= 0.6 is 0 Å². The van der Waals surface area contributed by atoms with E-state index in [2.05, 4.69) is 9.97 Å². The summed E-state index contributed by atoms with van der Waals surface area (Å²) in [7, 11) is 0. The lowest BCUT2D eigenvalue weighted by molar-refractivity contribution is 0.278. The summed E-state index contributed by atoms with van der Waals surface area (Å²) >= 11 is 0. The van der Waals surface area contributed by atoms with Crippen molar-refractivity contribution in [3.05, 3.63) is 66.1 Å². The van der Waals surface area contributed by atoms with Crippen LogP contribution in [0.3, 0.4) is 0 Å². The second-order valence-corrected chi connectivity index (χ2v) is 4.45. The van der Waals surface area contributed by atoms with E-state index in [1.807, 2.05) is 30.3 Å². The molecular formula is C16H13FN2O. The molecule has 0 atom stereocenters. The van der Waals surface area contributed by atoms with Crippen molar-refractivity contribution in [3.8, 4) is 22.6 Å². The Bertz CT molecular complexity index is 722. The van der Waals surface area contributed by atoms with Crippen LogP contribution in [0.1, 0.15) is 5.69 Å². The second-order valence-electron chi connectivity index (χ2n) is 4.45. The van der Waals surface area contributed by atoms with Crippen molar-refractivity contribution in [1.82, 2.24) is 9.97 Å². The van der Waals surface area contributed by atoms with Crippen molar-refractivity contribution < 1.29 is 9.50 Å². The maximum absolute atomic E-state index is 13.3. The SMILES string of the molecule is OCc1[nH]c(-c2cccc(F)c2)nc1-c1ccccc1. The molecule has 3 rings (SSSR count). The third-order valence-corrected chi connectivity index (χ3v) is 3.08. The van der Waals surface area contributed by atoms with E-state index in [1.54, 1.807) is 12.1 Å². The monoisotopic (exact) mass is 268 g/mol. The van der Waals surface area contributed by atoms with Gasteiger partial charge in [0, 0.05) is 11.1 Å². The molecular weight excluding hydrogens is 255 g/mol. The molecule has 0 aliphatic carbocycles. The molecule has 100 valence electrons. The Labute approximate surface area is 115 Å². The van der Waals surface area contributed by atoms with Gasteiger partial charge in [-0.2, -0.15) is 0 Å². The molecule has 1 aromatic heterocycles. The summed E-state index contributed by atoms with van der Waals surface area (Å²) in [6.07, 6.45) is 0. The van der Waals surface area contributed by atoms with E-state index in [-0.39, 0.29) is 12.4 Å². The molecule has 0 fully saturated rings. The molecule has 0 amide bonds. The number of aliphatic hydroxyl groups excluding tert-OH is 1. The number of imidazole rings is 1. The molecule has 4 heteroatoms. The van der Waals surface area contributed by atoms with Crippen molar-refractivity contribution in [1.29, 1.82) is 0 Å². The Morgan fingerprint density at radius 2 is 1.75 bits per heavy atom. The number of aromatic nitrogens is 2. The molecule has 0 bridgehead atoms. The highest BCUT2D eigenvalue weighted by Gasteiger charge is 2.12. The highest BCUT2D eigenvalue weighted by Crippen LogP contribution is 2.26. The molecule has 0 spiro atoms. The number of hydrogen-bond acceptors (Lipinski definition) is 2. The first-order chi connectivity index (χ1) is 9.78. The van der Waals surface area contributed by atoms with Crippen molar-refractivity contribution in [2.45, 2.75) is 6.61 Å². The van der Waals surface area contributed by atoms with E-state index in [0.29, 0.717) is 22.8 Å². The fourth-order valence-corrected chi connectivity index (χ4v) is 2.13. The maximum Gasteiger partial charge on any atom is 0.138 e. The van der Waals surface area contributed by atoms with Gasteiger partial charge in [-0.15, -0.1) is 0 Å². The maximum atomic E-state index is 13.3. The van der Waals surface area contributed by atoms with Gasteiger partial charge in [-0.05, 0) is 12.1 Å². The summed E-state index contributed by atoms with van der Waals surface area (Å²) in [5.41, 5.74) is 2.88. The Hall–Kier alpha value is -2.46. The summed E-state index contributed by atoms with van der Waals surface area (Å²) in [5, 5.41) is 9.45. The molecule has 20 heavy (non-hydrogen) atoms. The lowest BCUT2D eigenvalue weighted by atomic mass is 10.1. The van der Waals surface area contributed by atoms with Gasteiger partial charge in [0.2, 0.25) is 0 Å². The number of rotatable bonds is 3. The van der Waals surface area contributed by atoms with Gasteiger partial charge in [0.05, 0.1) is 18.0 Å². The minimum Gasteiger partial charge on any atom is -0.390 e. The molecule has 2 N–H and O–H groups in total.